The SMILES string of the molecule is COc1ccc(Br)cc1C1NC(c2ccc3c(c2)OCO3)=CC(c2cc(Cl)ccc2O)[NH2+]1. The maximum Gasteiger partial charge on any atom is 0.231 e. The normalized spacial score (nSPS) is 19.3. The summed E-state index contributed by atoms with van der Waals surface area (Å²) in [5.41, 5.74) is 3.56. The Bertz CT molecular complexity index is 1220. The molecule has 0 bridgehead atoms. The van der Waals surface area contributed by atoms with Crippen molar-refractivity contribution in [3.05, 3.63) is 86.9 Å². The van der Waals surface area contributed by atoms with Crippen LogP contribution in [0.4, 0.5) is 0 Å². The van der Waals surface area contributed by atoms with Gasteiger partial charge in [-0.1, -0.05) is 27.5 Å². The van der Waals surface area contributed by atoms with Crippen LogP contribution in [0, 0.1) is 0 Å². The Balaban J connectivity index is 1.60. The summed E-state index contributed by atoms with van der Waals surface area (Å²) in [6, 6.07) is 16.7. The molecule has 0 aliphatic carbocycles. The molecule has 2 heterocycles. The number of rotatable bonds is 4. The molecule has 6 nitrogen and oxygen atoms in total. The lowest BCUT2D eigenvalue weighted by atomic mass is 9.97. The lowest BCUT2D eigenvalue weighted by Gasteiger charge is -2.31. The zero-order valence-corrected chi connectivity index (χ0v) is 19.5. The van der Waals surface area contributed by atoms with E-state index in [0.29, 0.717) is 10.8 Å². The van der Waals surface area contributed by atoms with Gasteiger partial charge in [0.25, 0.3) is 0 Å². The van der Waals surface area contributed by atoms with E-state index in [1.165, 1.54) is 0 Å². The van der Waals surface area contributed by atoms with E-state index in [2.05, 4.69) is 32.6 Å². The summed E-state index contributed by atoms with van der Waals surface area (Å²) in [6.07, 6.45) is 1.89. The molecule has 0 aromatic heterocycles. The molecule has 0 radical (unpaired) electrons. The Labute approximate surface area is 198 Å². The molecule has 3 aromatic carbocycles. The minimum atomic E-state index is -0.191. The third kappa shape index (κ3) is 3.99. The number of aromatic hydroxyl groups is 1. The molecule has 2 unspecified atom stereocenters. The van der Waals surface area contributed by atoms with E-state index in [1.807, 2.05) is 36.4 Å². The molecular formula is C24H21BrClN2O4+. The van der Waals surface area contributed by atoms with E-state index in [-0.39, 0.29) is 24.8 Å². The van der Waals surface area contributed by atoms with Crippen molar-refractivity contribution < 1.29 is 24.6 Å². The molecule has 3 aromatic rings. The molecule has 8 heteroatoms. The second-order valence-corrected chi connectivity index (χ2v) is 8.93. The number of hydrogen-bond acceptors (Lipinski definition) is 5. The average Bonchev–Trinajstić information content (AvgIpc) is 3.28. The molecule has 2 aliphatic rings. The van der Waals surface area contributed by atoms with E-state index in [0.717, 1.165) is 38.4 Å². The lowest BCUT2D eigenvalue weighted by Crippen LogP contribution is -2.89. The van der Waals surface area contributed by atoms with Crippen molar-refractivity contribution in [2.75, 3.05) is 13.9 Å². The largest absolute Gasteiger partial charge is 0.507 e. The van der Waals surface area contributed by atoms with Crippen molar-refractivity contribution in [3.63, 3.8) is 0 Å². The number of benzene rings is 3. The number of phenolic OH excluding ortho intramolecular Hbond substituents is 1. The molecule has 32 heavy (non-hydrogen) atoms. The minimum absolute atomic E-state index is 0.184. The standard InChI is InChI=1S/C24H20BrClN2O4/c1-30-21-7-3-14(25)9-17(21)24-27-18(13-2-6-22-23(8-13)32-12-31-22)11-19(28-24)16-10-15(26)4-5-20(16)29/h2-11,19,24,27-29H,12H2,1H3/p+1. The van der Waals surface area contributed by atoms with Gasteiger partial charge in [-0.05, 0) is 54.6 Å². The average molecular weight is 517 g/mol. The fourth-order valence-electron chi connectivity index (χ4n) is 4.07. The second kappa shape index (κ2) is 8.58. The smallest absolute Gasteiger partial charge is 0.231 e. The topological polar surface area (TPSA) is 76.6 Å². The van der Waals surface area contributed by atoms with Crippen molar-refractivity contribution in [2.24, 2.45) is 0 Å². The Morgan fingerprint density at radius 2 is 1.91 bits per heavy atom. The van der Waals surface area contributed by atoms with E-state index >= 15 is 0 Å². The lowest BCUT2D eigenvalue weighted by molar-refractivity contribution is -0.731. The van der Waals surface area contributed by atoms with Gasteiger partial charge >= 0.3 is 0 Å². The van der Waals surface area contributed by atoms with Crippen molar-refractivity contribution in [3.8, 4) is 23.0 Å². The van der Waals surface area contributed by atoms with Gasteiger partial charge in [-0.25, -0.2) is 0 Å². The van der Waals surface area contributed by atoms with Crippen molar-refractivity contribution in [1.82, 2.24) is 5.32 Å². The highest BCUT2D eigenvalue weighted by Gasteiger charge is 2.32. The van der Waals surface area contributed by atoms with Crippen LogP contribution in [0.5, 0.6) is 23.0 Å². The van der Waals surface area contributed by atoms with Crippen molar-refractivity contribution in [2.45, 2.75) is 12.2 Å². The second-order valence-electron chi connectivity index (χ2n) is 7.58. The Morgan fingerprint density at radius 1 is 1.06 bits per heavy atom. The van der Waals surface area contributed by atoms with E-state index in [4.69, 9.17) is 25.8 Å². The summed E-state index contributed by atoms with van der Waals surface area (Å²) >= 11 is 9.82. The Morgan fingerprint density at radius 3 is 2.75 bits per heavy atom. The van der Waals surface area contributed by atoms with Gasteiger partial charge in [0, 0.05) is 26.8 Å². The predicted molar refractivity (Wildman–Crippen MR) is 125 cm³/mol. The summed E-state index contributed by atoms with van der Waals surface area (Å²) in [7, 11) is 1.66. The number of quaternary nitrogens is 1. The van der Waals surface area contributed by atoms with Gasteiger partial charge in [0.05, 0.1) is 18.2 Å². The maximum atomic E-state index is 10.6. The first-order valence-corrected chi connectivity index (χ1v) is 11.2. The molecule has 5 rings (SSSR count). The van der Waals surface area contributed by atoms with Gasteiger partial charge in [-0.2, -0.15) is 0 Å². The molecule has 2 atom stereocenters. The fraction of sp³-hybridized carbons (Fsp3) is 0.167. The number of hydrogen-bond donors (Lipinski definition) is 3. The van der Waals surface area contributed by atoms with E-state index in [1.54, 1.807) is 25.3 Å². The monoisotopic (exact) mass is 515 g/mol. The first-order valence-electron chi connectivity index (χ1n) is 10.1. The molecule has 0 fully saturated rings. The predicted octanol–water partition coefficient (Wildman–Crippen LogP) is 4.49. The highest BCUT2D eigenvalue weighted by Crippen LogP contribution is 2.37. The number of halogens is 2. The van der Waals surface area contributed by atoms with Gasteiger partial charge in [0.2, 0.25) is 6.79 Å². The number of nitrogens with two attached hydrogens (primary N) is 1. The van der Waals surface area contributed by atoms with Crippen LogP contribution in [0.2, 0.25) is 5.02 Å². The number of methoxy groups -OCH3 is 1. The van der Waals surface area contributed by atoms with Gasteiger partial charge < -0.3 is 30.0 Å². The van der Waals surface area contributed by atoms with Gasteiger partial charge in [0.15, 0.2) is 17.7 Å². The highest BCUT2D eigenvalue weighted by molar-refractivity contribution is 9.10. The third-order valence-corrected chi connectivity index (χ3v) is 6.34. The highest BCUT2D eigenvalue weighted by atomic mass is 79.9. The van der Waals surface area contributed by atoms with Crippen LogP contribution in [-0.2, 0) is 0 Å². The molecule has 0 amide bonds. The van der Waals surface area contributed by atoms with Crippen LogP contribution in [-0.4, -0.2) is 19.0 Å². The fourth-order valence-corrected chi connectivity index (χ4v) is 4.62. The summed E-state index contributed by atoms with van der Waals surface area (Å²) in [5.74, 6) is 2.39. The van der Waals surface area contributed by atoms with Gasteiger partial charge in [-0.15, -0.1) is 0 Å². The summed E-state index contributed by atoms with van der Waals surface area (Å²) in [5, 5.41) is 16.9. The number of ether oxygens (including phenoxy) is 3. The molecule has 0 spiro atoms. The summed E-state index contributed by atoms with van der Waals surface area (Å²) < 4.78 is 17.6. The zero-order chi connectivity index (χ0) is 22.2. The number of nitrogens with one attached hydrogen (secondary N) is 1. The Kier molecular flexibility index (Phi) is 5.63. The van der Waals surface area contributed by atoms with Crippen molar-refractivity contribution >= 4 is 33.2 Å². The first kappa shape index (κ1) is 21.0. The van der Waals surface area contributed by atoms with Crippen LogP contribution < -0.4 is 24.8 Å². The summed E-state index contributed by atoms with van der Waals surface area (Å²) in [6.45, 7) is 0.218. The zero-order valence-electron chi connectivity index (χ0n) is 17.1. The molecule has 164 valence electrons. The van der Waals surface area contributed by atoms with E-state index in [9.17, 15) is 5.11 Å². The third-order valence-electron chi connectivity index (χ3n) is 5.62. The van der Waals surface area contributed by atoms with Crippen LogP contribution >= 0.6 is 27.5 Å². The summed E-state index contributed by atoms with van der Waals surface area (Å²) in [4.78, 5) is 0. The quantitative estimate of drug-likeness (QED) is 0.476. The van der Waals surface area contributed by atoms with E-state index < -0.39 is 0 Å². The van der Waals surface area contributed by atoms with Crippen LogP contribution in [0.1, 0.15) is 28.9 Å². The number of fused-ring (bicyclic) bond motifs is 1. The number of phenols is 1. The molecular weight excluding hydrogens is 496 g/mol. The minimum Gasteiger partial charge on any atom is -0.507 e. The molecule has 2 aliphatic heterocycles. The van der Waals surface area contributed by atoms with Crippen LogP contribution in [0.15, 0.2) is 65.1 Å². The van der Waals surface area contributed by atoms with Crippen LogP contribution in [0.3, 0.4) is 0 Å². The van der Waals surface area contributed by atoms with Gasteiger partial charge in [0.1, 0.15) is 17.5 Å². The molecule has 0 saturated carbocycles. The van der Waals surface area contributed by atoms with Gasteiger partial charge in [-0.3, -0.25) is 0 Å². The first-order chi connectivity index (χ1) is 15.5. The Hall–Kier alpha value is -2.87. The van der Waals surface area contributed by atoms with Crippen LogP contribution in [0.25, 0.3) is 5.70 Å². The molecule has 4 N–H and O–H groups in total. The van der Waals surface area contributed by atoms with Crippen molar-refractivity contribution in [1.29, 1.82) is 0 Å². The molecule has 0 saturated heterocycles. The maximum absolute atomic E-state index is 10.6.